The Morgan fingerprint density at radius 1 is 1.41 bits per heavy atom. The van der Waals surface area contributed by atoms with Gasteiger partial charge in [0.25, 0.3) is 5.91 Å². The van der Waals surface area contributed by atoms with Gasteiger partial charge in [-0.1, -0.05) is 11.3 Å². The number of nitrogens with one attached hydrogen (secondary N) is 1. The van der Waals surface area contributed by atoms with Crippen LogP contribution in [-0.2, 0) is 4.79 Å². The van der Waals surface area contributed by atoms with Gasteiger partial charge in [-0.25, -0.2) is 4.39 Å². The monoisotopic (exact) mass is 253 g/mol. The number of amides is 1. The number of carbonyl (C=O) groups excluding carboxylic acids is 1. The summed E-state index contributed by atoms with van der Waals surface area (Å²) in [5, 5.41) is 10.2. The molecule has 0 bridgehead atoms. The fraction of sp³-hybridized carbons (Fsp3) is 0.100. The van der Waals surface area contributed by atoms with Crippen molar-refractivity contribution in [2.24, 2.45) is 0 Å². The molecule has 0 saturated carbocycles. The number of aromatic nitrogens is 2. The smallest absolute Gasteiger partial charge is 0.264 e. The van der Waals surface area contributed by atoms with Crippen molar-refractivity contribution in [2.45, 2.75) is 0 Å². The number of hydrogen-bond acceptors (Lipinski definition) is 5. The van der Waals surface area contributed by atoms with Crippen LogP contribution < -0.4 is 10.1 Å². The van der Waals surface area contributed by atoms with Crippen LogP contribution in [0.25, 0.3) is 0 Å². The highest BCUT2D eigenvalue weighted by atomic mass is 32.1. The first-order valence-electron chi connectivity index (χ1n) is 4.68. The Hall–Kier alpha value is -2.02. The van der Waals surface area contributed by atoms with Gasteiger partial charge in [0.15, 0.2) is 6.61 Å². The lowest BCUT2D eigenvalue weighted by Gasteiger charge is -2.04. The standard InChI is InChI=1S/C10H8FN3O2S/c11-7-1-3-8(4-2-7)16-5-9(15)13-10-14-12-6-17-10/h1-4,6H,5H2,(H,13,14,15). The lowest BCUT2D eigenvalue weighted by molar-refractivity contribution is -0.118. The molecule has 5 nitrogen and oxygen atoms in total. The van der Waals surface area contributed by atoms with Crippen LogP contribution in [-0.4, -0.2) is 22.7 Å². The molecule has 0 radical (unpaired) electrons. The first-order chi connectivity index (χ1) is 8.24. The third-order valence-corrected chi connectivity index (χ3v) is 2.40. The van der Waals surface area contributed by atoms with Crippen LogP contribution in [0.4, 0.5) is 9.52 Å². The molecular formula is C10H8FN3O2S. The summed E-state index contributed by atoms with van der Waals surface area (Å²) in [7, 11) is 0. The van der Waals surface area contributed by atoms with Crippen LogP contribution in [0.15, 0.2) is 29.8 Å². The Balaban J connectivity index is 1.82. The van der Waals surface area contributed by atoms with E-state index in [1.165, 1.54) is 41.1 Å². The highest BCUT2D eigenvalue weighted by Crippen LogP contribution is 2.11. The quantitative estimate of drug-likeness (QED) is 0.900. The SMILES string of the molecule is O=C(COc1ccc(F)cc1)Nc1nncs1. The van der Waals surface area contributed by atoms with E-state index in [9.17, 15) is 9.18 Å². The van der Waals surface area contributed by atoms with E-state index in [4.69, 9.17) is 4.74 Å². The fourth-order valence-electron chi connectivity index (χ4n) is 1.06. The maximum Gasteiger partial charge on any atom is 0.264 e. The third kappa shape index (κ3) is 3.49. The van der Waals surface area contributed by atoms with Crippen molar-refractivity contribution < 1.29 is 13.9 Å². The summed E-state index contributed by atoms with van der Waals surface area (Å²) in [6, 6.07) is 5.43. The van der Waals surface area contributed by atoms with Gasteiger partial charge in [0.1, 0.15) is 17.1 Å². The van der Waals surface area contributed by atoms with Gasteiger partial charge < -0.3 is 4.74 Å². The number of rotatable bonds is 4. The van der Waals surface area contributed by atoms with E-state index in [2.05, 4.69) is 15.5 Å². The molecule has 17 heavy (non-hydrogen) atoms. The number of halogens is 1. The highest BCUT2D eigenvalue weighted by molar-refractivity contribution is 7.13. The first-order valence-corrected chi connectivity index (χ1v) is 5.56. The van der Waals surface area contributed by atoms with Gasteiger partial charge in [0.05, 0.1) is 0 Å². The number of nitrogens with zero attached hydrogens (tertiary/aromatic N) is 2. The zero-order valence-corrected chi connectivity index (χ0v) is 9.41. The Kier molecular flexibility index (Phi) is 3.61. The van der Waals surface area contributed by atoms with Crippen LogP contribution in [0.5, 0.6) is 5.75 Å². The summed E-state index contributed by atoms with van der Waals surface area (Å²) in [6.07, 6.45) is 0. The molecule has 0 saturated heterocycles. The molecule has 1 amide bonds. The molecule has 0 aliphatic carbocycles. The van der Waals surface area contributed by atoms with Crippen molar-refractivity contribution in [1.82, 2.24) is 10.2 Å². The number of hydrogen-bond donors (Lipinski definition) is 1. The Bertz CT molecular complexity index is 487. The van der Waals surface area contributed by atoms with Crippen molar-refractivity contribution >= 4 is 22.4 Å². The number of benzene rings is 1. The molecule has 1 heterocycles. The van der Waals surface area contributed by atoms with Crippen LogP contribution in [0.2, 0.25) is 0 Å². The maximum absolute atomic E-state index is 12.6. The molecule has 1 N–H and O–H groups in total. The summed E-state index contributed by atoms with van der Waals surface area (Å²) in [5.41, 5.74) is 1.51. The van der Waals surface area contributed by atoms with E-state index in [0.717, 1.165) is 0 Å². The molecule has 0 aliphatic rings. The van der Waals surface area contributed by atoms with Gasteiger partial charge in [-0.05, 0) is 24.3 Å². The Morgan fingerprint density at radius 3 is 2.82 bits per heavy atom. The van der Waals surface area contributed by atoms with Crippen molar-refractivity contribution in [3.05, 3.63) is 35.6 Å². The predicted octanol–water partition coefficient (Wildman–Crippen LogP) is 1.69. The Morgan fingerprint density at radius 2 is 2.18 bits per heavy atom. The topological polar surface area (TPSA) is 64.1 Å². The maximum atomic E-state index is 12.6. The van der Waals surface area contributed by atoms with E-state index >= 15 is 0 Å². The molecule has 2 aromatic rings. The van der Waals surface area contributed by atoms with Gasteiger partial charge in [-0.3, -0.25) is 10.1 Å². The van der Waals surface area contributed by atoms with Gasteiger partial charge in [-0.15, -0.1) is 10.2 Å². The number of ether oxygens (including phenoxy) is 1. The second kappa shape index (κ2) is 5.35. The van der Waals surface area contributed by atoms with Crippen LogP contribution in [0, 0.1) is 5.82 Å². The van der Waals surface area contributed by atoms with Crippen LogP contribution >= 0.6 is 11.3 Å². The number of anilines is 1. The molecule has 2 rings (SSSR count). The largest absolute Gasteiger partial charge is 0.484 e. The van der Waals surface area contributed by atoms with E-state index in [1.54, 1.807) is 0 Å². The molecule has 1 aromatic carbocycles. The third-order valence-electron chi connectivity index (χ3n) is 1.79. The minimum atomic E-state index is -0.351. The van der Waals surface area contributed by atoms with Crippen molar-refractivity contribution in [1.29, 1.82) is 0 Å². The van der Waals surface area contributed by atoms with Gasteiger partial charge >= 0.3 is 0 Å². The van der Waals surface area contributed by atoms with Gasteiger partial charge in [0.2, 0.25) is 5.13 Å². The normalized spacial score (nSPS) is 9.94. The zero-order valence-electron chi connectivity index (χ0n) is 8.59. The summed E-state index contributed by atoms with van der Waals surface area (Å²) in [5.74, 6) is -0.263. The molecule has 0 unspecified atom stereocenters. The van der Waals surface area contributed by atoms with Gasteiger partial charge in [0, 0.05) is 0 Å². The zero-order chi connectivity index (χ0) is 12.1. The molecule has 0 spiro atoms. The number of carbonyl (C=O) groups is 1. The van der Waals surface area contributed by atoms with Gasteiger partial charge in [-0.2, -0.15) is 0 Å². The summed E-state index contributed by atoms with van der Waals surface area (Å²) in [6.45, 7) is -0.161. The lowest BCUT2D eigenvalue weighted by Crippen LogP contribution is -2.20. The molecule has 1 aromatic heterocycles. The minimum Gasteiger partial charge on any atom is -0.484 e. The summed E-state index contributed by atoms with van der Waals surface area (Å²) in [4.78, 5) is 11.4. The van der Waals surface area contributed by atoms with Crippen molar-refractivity contribution in [3.63, 3.8) is 0 Å². The first kappa shape index (κ1) is 11.5. The average molecular weight is 253 g/mol. The fourth-order valence-corrected chi connectivity index (χ4v) is 1.52. The highest BCUT2D eigenvalue weighted by Gasteiger charge is 2.05. The van der Waals surface area contributed by atoms with Crippen molar-refractivity contribution in [2.75, 3.05) is 11.9 Å². The van der Waals surface area contributed by atoms with E-state index in [0.29, 0.717) is 10.9 Å². The van der Waals surface area contributed by atoms with E-state index in [1.807, 2.05) is 0 Å². The molecule has 0 aliphatic heterocycles. The van der Waals surface area contributed by atoms with Crippen molar-refractivity contribution in [3.8, 4) is 5.75 Å². The Labute approximate surface area is 100 Å². The van der Waals surface area contributed by atoms with Crippen LogP contribution in [0.1, 0.15) is 0 Å². The molecule has 0 atom stereocenters. The lowest BCUT2D eigenvalue weighted by atomic mass is 10.3. The predicted molar refractivity (Wildman–Crippen MR) is 60.4 cm³/mol. The molecule has 88 valence electrons. The molecule has 0 fully saturated rings. The second-order valence-electron chi connectivity index (χ2n) is 3.03. The molecule has 7 heteroatoms. The second-order valence-corrected chi connectivity index (χ2v) is 3.87. The summed E-state index contributed by atoms with van der Waals surface area (Å²) < 4.78 is 17.7. The van der Waals surface area contributed by atoms with E-state index in [-0.39, 0.29) is 18.3 Å². The minimum absolute atomic E-state index is 0.161. The molecular weight excluding hydrogens is 245 g/mol. The average Bonchev–Trinajstić information content (AvgIpc) is 2.81. The van der Waals surface area contributed by atoms with Crippen LogP contribution in [0.3, 0.4) is 0 Å². The summed E-state index contributed by atoms with van der Waals surface area (Å²) >= 11 is 1.22. The van der Waals surface area contributed by atoms with E-state index < -0.39 is 0 Å².